The van der Waals surface area contributed by atoms with Gasteiger partial charge < -0.3 is 19.7 Å². The summed E-state index contributed by atoms with van der Waals surface area (Å²) in [5.74, 6) is -0.956. The van der Waals surface area contributed by atoms with Crippen molar-refractivity contribution < 1.29 is 19.4 Å². The van der Waals surface area contributed by atoms with Gasteiger partial charge in [0.25, 0.3) is 5.91 Å². The lowest BCUT2D eigenvalue weighted by atomic mass is 10.1. The SMILES string of the molecule is CN(CC(=O)O)CC1CN(C(=O)c2c[nH]cc2-c2ccc(Cl)s2)CCO1. The lowest BCUT2D eigenvalue weighted by Crippen LogP contribution is -2.49. The summed E-state index contributed by atoms with van der Waals surface area (Å²) in [4.78, 5) is 31.1. The first kappa shape index (κ1) is 18.9. The van der Waals surface area contributed by atoms with E-state index in [4.69, 9.17) is 21.4 Å². The van der Waals surface area contributed by atoms with Crippen LogP contribution in [0.1, 0.15) is 10.4 Å². The number of carboxylic acids is 1. The molecule has 1 aliphatic rings. The number of thiophene rings is 1. The fourth-order valence-corrected chi connectivity index (χ4v) is 4.10. The van der Waals surface area contributed by atoms with Gasteiger partial charge in [-0.25, -0.2) is 0 Å². The number of nitrogens with one attached hydrogen (secondary N) is 1. The summed E-state index contributed by atoms with van der Waals surface area (Å²) in [7, 11) is 1.73. The number of aromatic amines is 1. The number of aromatic nitrogens is 1. The van der Waals surface area contributed by atoms with Gasteiger partial charge in [0.1, 0.15) is 0 Å². The van der Waals surface area contributed by atoms with Crippen LogP contribution >= 0.6 is 22.9 Å². The maximum Gasteiger partial charge on any atom is 0.317 e. The number of carbonyl (C=O) groups excluding carboxylic acids is 1. The molecule has 1 amide bonds. The molecule has 26 heavy (non-hydrogen) atoms. The fourth-order valence-electron chi connectivity index (χ4n) is 3.03. The van der Waals surface area contributed by atoms with Crippen molar-refractivity contribution in [1.29, 1.82) is 0 Å². The molecule has 1 unspecified atom stereocenters. The van der Waals surface area contributed by atoms with Gasteiger partial charge in [-0.1, -0.05) is 11.6 Å². The molecule has 0 radical (unpaired) electrons. The number of halogens is 1. The van der Waals surface area contributed by atoms with Crippen LogP contribution in [0.4, 0.5) is 0 Å². The molecule has 3 heterocycles. The zero-order valence-corrected chi connectivity index (χ0v) is 15.8. The molecule has 1 saturated heterocycles. The Morgan fingerprint density at radius 3 is 2.96 bits per heavy atom. The molecule has 1 fully saturated rings. The Hall–Kier alpha value is -1.87. The summed E-state index contributed by atoms with van der Waals surface area (Å²) in [5, 5.41) is 8.86. The Morgan fingerprint density at radius 1 is 1.46 bits per heavy atom. The van der Waals surface area contributed by atoms with Crippen molar-refractivity contribution >= 4 is 34.8 Å². The standard InChI is InChI=1S/C17H20ClN3O4S/c1-20(10-16(22)23)8-11-9-21(4-5-25-11)17(24)13-7-19-6-12(13)14-2-3-15(18)26-14/h2-3,6-7,11,19H,4-5,8-10H2,1H3,(H,22,23). The summed E-state index contributed by atoms with van der Waals surface area (Å²) in [5.41, 5.74) is 1.43. The van der Waals surface area contributed by atoms with Crippen LogP contribution in [0.2, 0.25) is 4.34 Å². The molecular weight excluding hydrogens is 378 g/mol. The summed E-state index contributed by atoms with van der Waals surface area (Å²) in [6, 6.07) is 3.71. The second kappa shape index (κ2) is 8.22. The van der Waals surface area contributed by atoms with Crippen LogP contribution < -0.4 is 0 Å². The Kier molecular flexibility index (Phi) is 5.98. The lowest BCUT2D eigenvalue weighted by molar-refractivity contribution is -0.138. The molecule has 9 heteroatoms. The number of H-pyrrole nitrogens is 1. The maximum absolute atomic E-state index is 13.0. The monoisotopic (exact) mass is 397 g/mol. The predicted octanol–water partition coefficient (Wildman–Crippen LogP) is 2.25. The number of carboxylic acid groups (broad SMARTS) is 1. The minimum atomic E-state index is -0.886. The highest BCUT2D eigenvalue weighted by atomic mass is 35.5. The average molecular weight is 398 g/mol. The van der Waals surface area contributed by atoms with E-state index >= 15 is 0 Å². The van der Waals surface area contributed by atoms with Crippen molar-refractivity contribution in [3.63, 3.8) is 0 Å². The molecule has 1 aliphatic heterocycles. The van der Waals surface area contributed by atoms with Crippen molar-refractivity contribution in [2.75, 3.05) is 39.8 Å². The summed E-state index contributed by atoms with van der Waals surface area (Å²) >= 11 is 7.44. The van der Waals surface area contributed by atoms with Crippen LogP contribution in [-0.2, 0) is 9.53 Å². The number of rotatable bonds is 6. The summed E-state index contributed by atoms with van der Waals surface area (Å²) in [6.07, 6.45) is 3.29. The van der Waals surface area contributed by atoms with E-state index in [0.717, 1.165) is 10.4 Å². The predicted molar refractivity (Wildman–Crippen MR) is 99.9 cm³/mol. The molecule has 3 rings (SSSR count). The minimum absolute atomic E-state index is 0.0606. The molecule has 2 aromatic heterocycles. The van der Waals surface area contributed by atoms with Crippen molar-refractivity contribution in [2.24, 2.45) is 0 Å². The van der Waals surface area contributed by atoms with Gasteiger partial charge in [-0.3, -0.25) is 14.5 Å². The van der Waals surface area contributed by atoms with Crippen LogP contribution in [0.15, 0.2) is 24.5 Å². The Balaban J connectivity index is 1.68. The molecule has 0 spiro atoms. The molecule has 0 saturated carbocycles. The van der Waals surface area contributed by atoms with Gasteiger partial charge in [0.05, 0.1) is 29.2 Å². The second-order valence-electron chi connectivity index (χ2n) is 6.22. The number of likely N-dealkylation sites (N-methyl/N-ethyl adjacent to an activating group) is 1. The molecule has 2 N–H and O–H groups in total. The highest BCUT2D eigenvalue weighted by Gasteiger charge is 2.28. The first-order valence-corrected chi connectivity index (χ1v) is 9.37. The van der Waals surface area contributed by atoms with E-state index < -0.39 is 5.97 Å². The molecule has 140 valence electrons. The number of hydrogen-bond acceptors (Lipinski definition) is 5. The van der Waals surface area contributed by atoms with Gasteiger partial charge in [0.2, 0.25) is 0 Å². The fraction of sp³-hybridized carbons (Fsp3) is 0.412. The van der Waals surface area contributed by atoms with Gasteiger partial charge in [0.15, 0.2) is 0 Å². The molecule has 1 atom stereocenters. The van der Waals surface area contributed by atoms with Crippen molar-refractivity contribution in [3.8, 4) is 10.4 Å². The smallest absolute Gasteiger partial charge is 0.317 e. The molecule has 0 aromatic carbocycles. The van der Waals surface area contributed by atoms with E-state index in [1.165, 1.54) is 11.3 Å². The summed E-state index contributed by atoms with van der Waals surface area (Å²) < 4.78 is 6.37. The van der Waals surface area contributed by atoms with E-state index in [0.29, 0.717) is 36.1 Å². The van der Waals surface area contributed by atoms with Crippen LogP contribution in [0.3, 0.4) is 0 Å². The van der Waals surface area contributed by atoms with Gasteiger partial charge >= 0.3 is 5.97 Å². The number of aliphatic carboxylic acids is 1. The minimum Gasteiger partial charge on any atom is -0.480 e. The first-order chi connectivity index (χ1) is 12.4. The van der Waals surface area contributed by atoms with Gasteiger partial charge in [-0.2, -0.15) is 0 Å². The van der Waals surface area contributed by atoms with Gasteiger partial charge in [-0.05, 0) is 19.2 Å². The third kappa shape index (κ3) is 4.45. The van der Waals surface area contributed by atoms with E-state index in [2.05, 4.69) is 4.98 Å². The number of morpholine rings is 1. The quantitative estimate of drug-likeness (QED) is 0.780. The number of nitrogens with zero attached hydrogens (tertiary/aromatic N) is 2. The summed E-state index contributed by atoms with van der Waals surface area (Å²) in [6.45, 7) is 1.76. The van der Waals surface area contributed by atoms with Gasteiger partial charge in [0, 0.05) is 42.5 Å². The Labute approximate surface area is 160 Å². The van der Waals surface area contributed by atoms with Crippen LogP contribution in [0.5, 0.6) is 0 Å². The Morgan fingerprint density at radius 2 is 2.27 bits per heavy atom. The Bertz CT molecular complexity index is 791. The molecule has 0 aliphatic carbocycles. The number of hydrogen-bond donors (Lipinski definition) is 2. The zero-order valence-electron chi connectivity index (χ0n) is 14.3. The largest absolute Gasteiger partial charge is 0.480 e. The van der Waals surface area contributed by atoms with Crippen molar-refractivity contribution in [1.82, 2.24) is 14.8 Å². The molecular formula is C17H20ClN3O4S. The number of ether oxygens (including phenoxy) is 1. The third-order valence-electron chi connectivity index (χ3n) is 4.16. The number of amides is 1. The molecule has 0 bridgehead atoms. The first-order valence-electron chi connectivity index (χ1n) is 8.17. The van der Waals surface area contributed by atoms with E-state index in [9.17, 15) is 9.59 Å². The second-order valence-corrected chi connectivity index (χ2v) is 7.94. The van der Waals surface area contributed by atoms with Crippen LogP contribution in [0.25, 0.3) is 10.4 Å². The molecule has 2 aromatic rings. The zero-order chi connectivity index (χ0) is 18.7. The van der Waals surface area contributed by atoms with Crippen molar-refractivity contribution in [3.05, 3.63) is 34.4 Å². The third-order valence-corrected chi connectivity index (χ3v) is 5.43. The van der Waals surface area contributed by atoms with Crippen molar-refractivity contribution in [2.45, 2.75) is 6.10 Å². The maximum atomic E-state index is 13.0. The number of carbonyl (C=O) groups is 2. The van der Waals surface area contributed by atoms with Crippen LogP contribution in [0, 0.1) is 0 Å². The van der Waals surface area contributed by atoms with Crippen LogP contribution in [-0.4, -0.2) is 77.7 Å². The highest BCUT2D eigenvalue weighted by Crippen LogP contribution is 2.33. The van der Waals surface area contributed by atoms with E-state index in [-0.39, 0.29) is 18.6 Å². The van der Waals surface area contributed by atoms with E-state index in [1.54, 1.807) is 29.2 Å². The average Bonchev–Trinajstić information content (AvgIpc) is 3.22. The topological polar surface area (TPSA) is 85.9 Å². The lowest BCUT2D eigenvalue weighted by Gasteiger charge is -2.34. The molecule has 7 nitrogen and oxygen atoms in total. The highest BCUT2D eigenvalue weighted by molar-refractivity contribution is 7.19. The van der Waals surface area contributed by atoms with E-state index in [1.807, 2.05) is 12.1 Å². The normalized spacial score (nSPS) is 17.7. The van der Waals surface area contributed by atoms with Gasteiger partial charge in [-0.15, -0.1) is 11.3 Å².